The molecular formula is C22H19FN4O. The third-order valence-corrected chi connectivity index (χ3v) is 4.40. The minimum Gasteiger partial charge on any atom is -0.318 e. The van der Waals surface area contributed by atoms with Crippen molar-refractivity contribution in [2.45, 2.75) is 20.3 Å². The zero-order chi connectivity index (χ0) is 20.1. The molecule has 1 amide bonds. The summed E-state index contributed by atoms with van der Waals surface area (Å²) in [6, 6.07) is 17.2. The minimum atomic E-state index is -0.334. The lowest BCUT2D eigenvalue weighted by atomic mass is 10.1. The molecule has 0 fully saturated rings. The normalized spacial score (nSPS) is 10.8. The third-order valence-electron chi connectivity index (χ3n) is 4.40. The molecule has 0 bridgehead atoms. The number of benzene rings is 2. The standard InChI is InChI=1S/C22H19FN4O/c1-15-11-19(16(2)27(15)21-9-5-18(13-24)6-10-21)14-25-26-22(28)12-17-3-7-20(23)8-4-17/h3-11,14H,12H2,1-2H3,(H,26,28)/b25-14+. The highest BCUT2D eigenvalue weighted by Crippen LogP contribution is 2.20. The topological polar surface area (TPSA) is 70.2 Å². The van der Waals surface area contributed by atoms with Gasteiger partial charge in [0.25, 0.3) is 0 Å². The van der Waals surface area contributed by atoms with Crippen molar-refractivity contribution in [3.05, 3.63) is 88.5 Å². The molecule has 0 saturated carbocycles. The zero-order valence-corrected chi connectivity index (χ0v) is 15.6. The molecule has 0 aliphatic heterocycles. The number of hydrazone groups is 1. The number of carbonyl (C=O) groups excluding carboxylic acids is 1. The maximum absolute atomic E-state index is 12.9. The predicted octanol–water partition coefficient (Wildman–Crippen LogP) is 3.80. The highest BCUT2D eigenvalue weighted by atomic mass is 19.1. The summed E-state index contributed by atoms with van der Waals surface area (Å²) in [7, 11) is 0. The van der Waals surface area contributed by atoms with E-state index >= 15 is 0 Å². The Bertz CT molecular complexity index is 1060. The third kappa shape index (κ3) is 4.33. The Labute approximate surface area is 162 Å². The van der Waals surface area contributed by atoms with Gasteiger partial charge in [0.15, 0.2) is 0 Å². The van der Waals surface area contributed by atoms with Gasteiger partial charge in [-0.05, 0) is 61.9 Å². The highest BCUT2D eigenvalue weighted by Gasteiger charge is 2.10. The molecule has 0 spiro atoms. The summed E-state index contributed by atoms with van der Waals surface area (Å²) in [4.78, 5) is 12.0. The van der Waals surface area contributed by atoms with Crippen LogP contribution < -0.4 is 5.43 Å². The van der Waals surface area contributed by atoms with Gasteiger partial charge in [0.1, 0.15) is 5.82 Å². The summed E-state index contributed by atoms with van der Waals surface area (Å²) < 4.78 is 15.0. The largest absolute Gasteiger partial charge is 0.318 e. The average Bonchev–Trinajstić information content (AvgIpc) is 2.97. The molecule has 5 nitrogen and oxygen atoms in total. The molecule has 3 rings (SSSR count). The van der Waals surface area contributed by atoms with E-state index < -0.39 is 0 Å². The molecule has 1 aromatic heterocycles. The first kappa shape index (κ1) is 19.1. The summed E-state index contributed by atoms with van der Waals surface area (Å²) in [6.07, 6.45) is 1.73. The van der Waals surface area contributed by atoms with Crippen molar-refractivity contribution in [1.29, 1.82) is 5.26 Å². The van der Waals surface area contributed by atoms with Crippen LogP contribution in [0.25, 0.3) is 5.69 Å². The van der Waals surface area contributed by atoms with Crippen molar-refractivity contribution in [2.24, 2.45) is 5.10 Å². The van der Waals surface area contributed by atoms with E-state index in [4.69, 9.17) is 5.26 Å². The van der Waals surface area contributed by atoms with Gasteiger partial charge in [0, 0.05) is 22.6 Å². The Morgan fingerprint density at radius 3 is 2.50 bits per heavy atom. The van der Waals surface area contributed by atoms with E-state index in [0.29, 0.717) is 11.1 Å². The van der Waals surface area contributed by atoms with E-state index in [1.54, 1.807) is 30.5 Å². The zero-order valence-electron chi connectivity index (χ0n) is 15.6. The van der Waals surface area contributed by atoms with Crippen LogP contribution in [0.15, 0.2) is 59.7 Å². The number of aromatic nitrogens is 1. The van der Waals surface area contributed by atoms with Crippen LogP contribution in [0.5, 0.6) is 0 Å². The number of aryl methyl sites for hydroxylation is 1. The molecule has 1 heterocycles. The molecule has 0 unspecified atom stereocenters. The van der Waals surface area contributed by atoms with Crippen molar-refractivity contribution < 1.29 is 9.18 Å². The summed E-state index contributed by atoms with van der Waals surface area (Å²) in [5.74, 6) is -0.608. The number of carbonyl (C=O) groups is 1. The first-order chi connectivity index (χ1) is 13.5. The van der Waals surface area contributed by atoms with Crippen LogP contribution in [-0.2, 0) is 11.2 Å². The SMILES string of the molecule is Cc1cc(/C=N/NC(=O)Cc2ccc(F)cc2)c(C)n1-c1ccc(C#N)cc1. The fourth-order valence-corrected chi connectivity index (χ4v) is 3.00. The van der Waals surface area contributed by atoms with E-state index in [0.717, 1.165) is 22.6 Å². The Morgan fingerprint density at radius 1 is 1.18 bits per heavy atom. The van der Waals surface area contributed by atoms with Gasteiger partial charge < -0.3 is 4.57 Å². The van der Waals surface area contributed by atoms with Gasteiger partial charge >= 0.3 is 0 Å². The Morgan fingerprint density at radius 2 is 1.86 bits per heavy atom. The Balaban J connectivity index is 1.69. The van der Waals surface area contributed by atoms with E-state index in [9.17, 15) is 9.18 Å². The van der Waals surface area contributed by atoms with Crippen LogP contribution >= 0.6 is 0 Å². The van der Waals surface area contributed by atoms with Crippen LogP contribution in [-0.4, -0.2) is 16.7 Å². The van der Waals surface area contributed by atoms with Crippen LogP contribution in [0.2, 0.25) is 0 Å². The van der Waals surface area contributed by atoms with Gasteiger partial charge in [-0.25, -0.2) is 9.82 Å². The van der Waals surface area contributed by atoms with Gasteiger partial charge in [0.05, 0.1) is 24.3 Å². The van der Waals surface area contributed by atoms with Crippen molar-refractivity contribution >= 4 is 12.1 Å². The molecule has 0 aliphatic carbocycles. The number of hydrogen-bond donors (Lipinski definition) is 1. The van der Waals surface area contributed by atoms with Gasteiger partial charge in [-0.1, -0.05) is 12.1 Å². The van der Waals surface area contributed by atoms with Crippen molar-refractivity contribution in [2.75, 3.05) is 0 Å². The second-order valence-electron chi connectivity index (χ2n) is 6.42. The van der Waals surface area contributed by atoms with Crippen LogP contribution in [0.4, 0.5) is 4.39 Å². The van der Waals surface area contributed by atoms with Crippen LogP contribution in [0.3, 0.4) is 0 Å². The first-order valence-electron chi connectivity index (χ1n) is 8.74. The van der Waals surface area contributed by atoms with Crippen molar-refractivity contribution in [1.82, 2.24) is 9.99 Å². The summed E-state index contributed by atoms with van der Waals surface area (Å²) >= 11 is 0. The number of hydrogen-bond acceptors (Lipinski definition) is 3. The van der Waals surface area contributed by atoms with E-state index in [1.807, 2.05) is 32.0 Å². The fourth-order valence-electron chi connectivity index (χ4n) is 3.00. The van der Waals surface area contributed by atoms with E-state index in [-0.39, 0.29) is 18.1 Å². The fraction of sp³-hybridized carbons (Fsp3) is 0.136. The van der Waals surface area contributed by atoms with Crippen molar-refractivity contribution in [3.63, 3.8) is 0 Å². The molecule has 140 valence electrons. The number of nitriles is 1. The highest BCUT2D eigenvalue weighted by molar-refractivity contribution is 5.84. The number of rotatable bonds is 5. The van der Waals surface area contributed by atoms with Crippen molar-refractivity contribution in [3.8, 4) is 11.8 Å². The molecule has 3 aromatic rings. The number of nitrogens with one attached hydrogen (secondary N) is 1. The molecule has 6 heteroatoms. The van der Waals surface area contributed by atoms with Gasteiger partial charge in [-0.3, -0.25) is 4.79 Å². The summed E-state index contributed by atoms with van der Waals surface area (Å²) in [6.45, 7) is 3.95. The maximum atomic E-state index is 12.9. The summed E-state index contributed by atoms with van der Waals surface area (Å²) in [5.41, 5.74) is 7.64. The summed E-state index contributed by atoms with van der Waals surface area (Å²) in [5, 5.41) is 13.0. The quantitative estimate of drug-likeness (QED) is 0.545. The lowest BCUT2D eigenvalue weighted by Crippen LogP contribution is -2.19. The van der Waals surface area contributed by atoms with Gasteiger partial charge in [0.2, 0.25) is 5.91 Å². The molecule has 0 saturated heterocycles. The lowest BCUT2D eigenvalue weighted by Gasteiger charge is -2.09. The van der Waals surface area contributed by atoms with E-state index in [1.165, 1.54) is 12.1 Å². The number of halogens is 1. The molecule has 28 heavy (non-hydrogen) atoms. The van der Waals surface area contributed by atoms with Crippen LogP contribution in [0.1, 0.15) is 28.1 Å². The average molecular weight is 374 g/mol. The molecule has 0 aliphatic rings. The van der Waals surface area contributed by atoms with Gasteiger partial charge in [-0.15, -0.1) is 0 Å². The van der Waals surface area contributed by atoms with E-state index in [2.05, 4.69) is 21.2 Å². The number of nitrogens with zero attached hydrogens (tertiary/aromatic N) is 3. The lowest BCUT2D eigenvalue weighted by molar-refractivity contribution is -0.120. The Kier molecular flexibility index (Phi) is 5.66. The molecular weight excluding hydrogens is 355 g/mol. The first-order valence-corrected chi connectivity index (χ1v) is 8.74. The second-order valence-corrected chi connectivity index (χ2v) is 6.42. The predicted molar refractivity (Wildman–Crippen MR) is 106 cm³/mol. The van der Waals surface area contributed by atoms with Gasteiger partial charge in [-0.2, -0.15) is 10.4 Å². The van der Waals surface area contributed by atoms with Crippen LogP contribution in [0, 0.1) is 31.0 Å². The Hall–Kier alpha value is -3.72. The molecule has 2 aromatic carbocycles. The maximum Gasteiger partial charge on any atom is 0.244 e. The molecule has 0 atom stereocenters. The second kappa shape index (κ2) is 8.31. The smallest absolute Gasteiger partial charge is 0.244 e. The number of amides is 1. The molecule has 1 N–H and O–H groups in total. The molecule has 0 radical (unpaired) electrons. The monoisotopic (exact) mass is 374 g/mol. The minimum absolute atomic E-state index is 0.127.